The number of carbonyl (C=O) groups is 1. The number of anilines is 1. The molecule has 10 heteroatoms. The zero-order chi connectivity index (χ0) is 29.9. The third-order valence-corrected chi connectivity index (χ3v) is 8.61. The number of rotatable bonds is 7. The van der Waals surface area contributed by atoms with Crippen LogP contribution in [0.2, 0.25) is 0 Å². The lowest BCUT2D eigenvalue weighted by Gasteiger charge is -2.36. The van der Waals surface area contributed by atoms with Gasteiger partial charge < -0.3 is 14.7 Å². The van der Waals surface area contributed by atoms with Crippen LogP contribution in [0.4, 0.5) is 5.69 Å². The van der Waals surface area contributed by atoms with Gasteiger partial charge in [0.15, 0.2) is 5.65 Å². The molecule has 10 nitrogen and oxygen atoms in total. The Morgan fingerprint density at radius 3 is 2.07 bits per heavy atom. The molecule has 0 spiro atoms. The number of piperazine rings is 2. The zero-order valence-electron chi connectivity index (χ0n) is 25.0. The van der Waals surface area contributed by atoms with Crippen LogP contribution in [-0.2, 0) is 6.54 Å². The maximum Gasteiger partial charge on any atom is 0.337 e. The Bertz CT molecular complexity index is 1700. The molecule has 2 aliphatic rings. The Kier molecular flexibility index (Phi) is 8.40. The normalized spacial score (nSPS) is 16.6. The molecular formula is C33H39N7O3. The Morgan fingerprint density at radius 2 is 1.42 bits per heavy atom. The molecule has 2 saturated heterocycles. The molecule has 0 atom stereocenters. The van der Waals surface area contributed by atoms with Crippen LogP contribution in [0.3, 0.4) is 0 Å². The summed E-state index contributed by atoms with van der Waals surface area (Å²) in [7, 11) is 2.04. The fourth-order valence-corrected chi connectivity index (χ4v) is 6.15. The summed E-state index contributed by atoms with van der Waals surface area (Å²) in [5.41, 5.74) is 1.97. The van der Waals surface area contributed by atoms with Crippen molar-refractivity contribution in [3.8, 4) is 5.69 Å². The Balaban J connectivity index is 1.32. The number of para-hydroxylation sites is 2. The van der Waals surface area contributed by atoms with E-state index in [1.54, 1.807) is 39.8 Å². The van der Waals surface area contributed by atoms with E-state index in [9.17, 15) is 14.4 Å². The van der Waals surface area contributed by atoms with Crippen LogP contribution in [0.5, 0.6) is 0 Å². The first-order valence-electron chi connectivity index (χ1n) is 15.1. The fourth-order valence-electron chi connectivity index (χ4n) is 6.15. The number of hydrogen-bond acceptors (Lipinski definition) is 7. The summed E-state index contributed by atoms with van der Waals surface area (Å²) < 4.78 is 2.79. The lowest BCUT2D eigenvalue weighted by molar-refractivity contribution is 0.0665. The van der Waals surface area contributed by atoms with Crippen molar-refractivity contribution in [2.45, 2.75) is 19.9 Å². The van der Waals surface area contributed by atoms with E-state index in [1.165, 1.54) is 10.3 Å². The van der Waals surface area contributed by atoms with Crippen molar-refractivity contribution < 1.29 is 4.79 Å². The van der Waals surface area contributed by atoms with Gasteiger partial charge in [-0.25, -0.2) is 14.3 Å². The molecule has 0 bridgehead atoms. The van der Waals surface area contributed by atoms with E-state index < -0.39 is 11.2 Å². The highest BCUT2D eigenvalue weighted by Gasteiger charge is 2.27. The van der Waals surface area contributed by atoms with Crippen LogP contribution < -0.4 is 16.1 Å². The average molecular weight is 582 g/mol. The minimum atomic E-state index is -0.510. The van der Waals surface area contributed by atoms with Gasteiger partial charge in [0.25, 0.3) is 11.5 Å². The molecule has 2 aromatic heterocycles. The van der Waals surface area contributed by atoms with Crippen molar-refractivity contribution in [3.05, 3.63) is 98.8 Å². The van der Waals surface area contributed by atoms with Crippen molar-refractivity contribution >= 4 is 22.6 Å². The zero-order valence-corrected chi connectivity index (χ0v) is 25.0. The van der Waals surface area contributed by atoms with E-state index in [4.69, 9.17) is 4.98 Å². The van der Waals surface area contributed by atoms with E-state index in [0.717, 1.165) is 45.8 Å². The van der Waals surface area contributed by atoms with Crippen molar-refractivity contribution in [2.75, 3.05) is 70.9 Å². The maximum absolute atomic E-state index is 14.1. The highest BCUT2D eigenvalue weighted by atomic mass is 16.2. The van der Waals surface area contributed by atoms with Gasteiger partial charge in [-0.2, -0.15) is 0 Å². The number of carbonyl (C=O) groups excluding carboxylic acids is 1. The molecule has 0 aliphatic carbocycles. The lowest BCUT2D eigenvalue weighted by Crippen LogP contribution is -2.48. The number of pyridine rings is 1. The van der Waals surface area contributed by atoms with Crippen molar-refractivity contribution in [1.29, 1.82) is 0 Å². The molecular weight excluding hydrogens is 542 g/mol. The van der Waals surface area contributed by atoms with Gasteiger partial charge in [-0.15, -0.1) is 0 Å². The van der Waals surface area contributed by atoms with Crippen LogP contribution >= 0.6 is 0 Å². The molecule has 224 valence electrons. The van der Waals surface area contributed by atoms with Crippen molar-refractivity contribution in [1.82, 2.24) is 28.8 Å². The second-order valence-electron chi connectivity index (χ2n) is 11.5. The maximum atomic E-state index is 14.1. The lowest BCUT2D eigenvalue weighted by atomic mass is 10.1. The summed E-state index contributed by atoms with van der Waals surface area (Å²) >= 11 is 0. The molecule has 2 aromatic carbocycles. The van der Waals surface area contributed by atoms with Crippen LogP contribution in [0.25, 0.3) is 16.7 Å². The molecule has 0 saturated carbocycles. The number of fused-ring (bicyclic) bond motifs is 1. The van der Waals surface area contributed by atoms with Gasteiger partial charge >= 0.3 is 5.69 Å². The third-order valence-electron chi connectivity index (χ3n) is 8.61. The number of aryl methyl sites for hydroxylation is 2. The number of benzene rings is 2. The van der Waals surface area contributed by atoms with Gasteiger partial charge in [0.2, 0.25) is 0 Å². The minimum Gasteiger partial charge on any atom is -0.369 e. The molecule has 43 heavy (non-hydrogen) atoms. The third kappa shape index (κ3) is 5.98. The molecule has 0 N–H and O–H groups in total. The summed E-state index contributed by atoms with van der Waals surface area (Å²) in [6, 6.07) is 21.1. The first-order chi connectivity index (χ1) is 20.9. The Morgan fingerprint density at radius 1 is 0.791 bits per heavy atom. The van der Waals surface area contributed by atoms with Crippen LogP contribution in [0.1, 0.15) is 22.5 Å². The standard InChI is InChI=1S/C33H39N7O3/c1-25-24-28(31(41)38-20-16-35(2)17-21-38)29-30(34-25)39(33(43)40(32(29)42)27-12-7-4-8-13-27)15-9-14-36-18-22-37(23-19-36)26-10-5-3-6-11-26/h3-8,10-13,24H,9,14-23H2,1-2H3. The second-order valence-corrected chi connectivity index (χ2v) is 11.5. The minimum absolute atomic E-state index is 0.193. The first kappa shape index (κ1) is 28.8. The average Bonchev–Trinajstić information content (AvgIpc) is 3.03. The van der Waals surface area contributed by atoms with Gasteiger partial charge in [0.1, 0.15) is 0 Å². The number of aromatic nitrogens is 3. The molecule has 0 radical (unpaired) electrons. The molecule has 4 aromatic rings. The molecule has 1 amide bonds. The summed E-state index contributed by atoms with van der Waals surface area (Å²) in [6.45, 7) is 9.51. The summed E-state index contributed by atoms with van der Waals surface area (Å²) in [4.78, 5) is 55.4. The largest absolute Gasteiger partial charge is 0.369 e. The predicted molar refractivity (Wildman–Crippen MR) is 169 cm³/mol. The molecule has 0 unspecified atom stereocenters. The van der Waals surface area contributed by atoms with Crippen molar-refractivity contribution in [3.63, 3.8) is 0 Å². The van der Waals surface area contributed by atoms with E-state index in [1.807, 2.05) is 26.1 Å². The predicted octanol–water partition coefficient (Wildman–Crippen LogP) is 2.46. The monoisotopic (exact) mass is 581 g/mol. The van der Waals surface area contributed by atoms with E-state index >= 15 is 0 Å². The molecule has 6 rings (SSSR count). The molecule has 4 heterocycles. The summed E-state index contributed by atoms with van der Waals surface area (Å²) in [5.74, 6) is -0.193. The Hall–Kier alpha value is -4.28. The quantitative estimate of drug-likeness (QED) is 0.332. The van der Waals surface area contributed by atoms with Crippen molar-refractivity contribution in [2.24, 2.45) is 0 Å². The summed E-state index contributed by atoms with van der Waals surface area (Å²) in [6.07, 6.45) is 0.713. The summed E-state index contributed by atoms with van der Waals surface area (Å²) in [5, 5.41) is 0.203. The van der Waals surface area contributed by atoms with Crippen LogP contribution in [0.15, 0.2) is 76.3 Å². The van der Waals surface area contributed by atoms with Gasteiger partial charge in [-0.05, 0) is 57.3 Å². The van der Waals surface area contributed by atoms with Gasteiger partial charge in [-0.1, -0.05) is 36.4 Å². The van der Waals surface area contributed by atoms with Crippen LogP contribution in [-0.4, -0.2) is 101 Å². The van der Waals surface area contributed by atoms with Gasteiger partial charge in [0.05, 0.1) is 16.6 Å². The molecule has 2 fully saturated rings. The van der Waals surface area contributed by atoms with Gasteiger partial charge in [-0.3, -0.25) is 19.1 Å². The Labute approximate surface area is 251 Å². The second kappa shape index (κ2) is 12.5. The first-order valence-corrected chi connectivity index (χ1v) is 15.1. The van der Waals surface area contributed by atoms with E-state index in [0.29, 0.717) is 43.0 Å². The SMILES string of the molecule is Cc1cc(C(=O)N2CCN(C)CC2)c2c(=O)n(-c3ccccc3)c(=O)n(CCCN3CCN(c4ccccc4)CC3)c2n1. The van der Waals surface area contributed by atoms with Crippen LogP contribution in [0, 0.1) is 6.92 Å². The number of nitrogens with zero attached hydrogens (tertiary/aromatic N) is 7. The van der Waals surface area contributed by atoms with E-state index in [-0.39, 0.29) is 16.9 Å². The highest BCUT2D eigenvalue weighted by Crippen LogP contribution is 2.20. The smallest absolute Gasteiger partial charge is 0.337 e. The van der Waals surface area contributed by atoms with E-state index in [2.05, 4.69) is 39.0 Å². The molecule has 2 aliphatic heterocycles. The van der Waals surface area contributed by atoms with Gasteiger partial charge in [0, 0.05) is 70.3 Å². The number of likely N-dealkylation sites (N-methyl/N-ethyl adjacent to an activating group) is 1. The highest BCUT2D eigenvalue weighted by molar-refractivity contribution is 6.05. The fraction of sp³-hybridized carbons (Fsp3) is 0.394. The topological polar surface area (TPSA) is 86.9 Å². The number of hydrogen-bond donors (Lipinski definition) is 0. The number of amides is 1.